The molecule has 2 aliphatic rings. The molecule has 0 bridgehead atoms. The fraction of sp³-hybridized carbons (Fsp3) is 0.400. The maximum absolute atomic E-state index is 6.15. The van der Waals surface area contributed by atoms with Gasteiger partial charge in [-0.1, -0.05) is 36.4 Å². The van der Waals surface area contributed by atoms with Crippen LogP contribution in [0.1, 0.15) is 36.1 Å². The molecule has 2 atom stereocenters. The van der Waals surface area contributed by atoms with Gasteiger partial charge in [0.25, 0.3) is 0 Å². The molecule has 2 heterocycles. The van der Waals surface area contributed by atoms with Crippen LogP contribution in [0.15, 0.2) is 48.5 Å². The van der Waals surface area contributed by atoms with Crippen LogP contribution in [0.3, 0.4) is 0 Å². The Morgan fingerprint density at radius 2 is 1.42 bits per heavy atom. The summed E-state index contributed by atoms with van der Waals surface area (Å²) in [7, 11) is 2.09. The molecule has 0 aromatic heterocycles. The summed E-state index contributed by atoms with van der Waals surface area (Å²) >= 11 is 0. The minimum Gasteiger partial charge on any atom is -0.493 e. The van der Waals surface area contributed by atoms with Gasteiger partial charge < -0.3 is 14.2 Å². The summed E-state index contributed by atoms with van der Waals surface area (Å²) in [4.78, 5) is 2.23. The van der Waals surface area contributed by atoms with Crippen LogP contribution in [-0.2, 0) is 4.74 Å². The average molecular weight is 325 g/mol. The highest BCUT2D eigenvalue weighted by Crippen LogP contribution is 2.46. The van der Waals surface area contributed by atoms with E-state index >= 15 is 0 Å². The van der Waals surface area contributed by atoms with Crippen LogP contribution in [-0.4, -0.2) is 31.9 Å². The Balaban J connectivity index is 1.81. The third-order valence-corrected chi connectivity index (χ3v) is 4.74. The molecule has 2 aliphatic heterocycles. The first kappa shape index (κ1) is 15.5. The predicted molar refractivity (Wildman–Crippen MR) is 92.3 cm³/mol. The van der Waals surface area contributed by atoms with E-state index in [2.05, 4.69) is 42.3 Å². The number of hydrogen-bond acceptors (Lipinski definition) is 4. The molecule has 0 spiro atoms. The zero-order valence-electron chi connectivity index (χ0n) is 14.0. The SMILES string of the molecule is CN1CO[C@H]2c3ccccc3OCCCCOc3ccccc3[C@@H]21. The first-order valence-corrected chi connectivity index (χ1v) is 8.60. The molecule has 4 heteroatoms. The summed E-state index contributed by atoms with van der Waals surface area (Å²) in [6, 6.07) is 16.7. The van der Waals surface area contributed by atoms with Crippen LogP contribution in [0, 0.1) is 0 Å². The zero-order valence-corrected chi connectivity index (χ0v) is 14.0. The van der Waals surface area contributed by atoms with Crippen molar-refractivity contribution in [1.82, 2.24) is 4.90 Å². The molecule has 0 amide bonds. The predicted octanol–water partition coefficient (Wildman–Crippen LogP) is 3.94. The highest BCUT2D eigenvalue weighted by Gasteiger charge is 2.38. The van der Waals surface area contributed by atoms with Gasteiger partial charge in [0.2, 0.25) is 0 Å². The van der Waals surface area contributed by atoms with E-state index in [1.165, 1.54) is 5.56 Å². The van der Waals surface area contributed by atoms with Crippen LogP contribution in [0.2, 0.25) is 0 Å². The van der Waals surface area contributed by atoms with E-state index in [9.17, 15) is 0 Å². The van der Waals surface area contributed by atoms with Gasteiger partial charge in [0, 0.05) is 11.1 Å². The summed E-state index contributed by atoms with van der Waals surface area (Å²) in [5.74, 6) is 1.89. The molecule has 0 aliphatic carbocycles. The Hall–Kier alpha value is -2.04. The van der Waals surface area contributed by atoms with Crippen molar-refractivity contribution < 1.29 is 14.2 Å². The largest absolute Gasteiger partial charge is 0.493 e. The topological polar surface area (TPSA) is 30.9 Å². The van der Waals surface area contributed by atoms with Gasteiger partial charge >= 0.3 is 0 Å². The Morgan fingerprint density at radius 1 is 0.833 bits per heavy atom. The molecule has 2 aromatic rings. The fourth-order valence-electron chi connectivity index (χ4n) is 3.53. The number of hydrogen-bond donors (Lipinski definition) is 0. The highest BCUT2D eigenvalue weighted by atomic mass is 16.5. The molecule has 4 rings (SSSR count). The van der Waals surface area contributed by atoms with Gasteiger partial charge in [-0.15, -0.1) is 0 Å². The van der Waals surface area contributed by atoms with Crippen molar-refractivity contribution in [1.29, 1.82) is 0 Å². The minimum atomic E-state index is -0.0598. The second-order valence-corrected chi connectivity index (χ2v) is 6.40. The molecular weight excluding hydrogens is 302 g/mol. The molecule has 4 nitrogen and oxygen atoms in total. The van der Waals surface area contributed by atoms with Crippen molar-refractivity contribution in [3.63, 3.8) is 0 Å². The van der Waals surface area contributed by atoms with E-state index in [1.54, 1.807) is 0 Å². The smallest absolute Gasteiger partial charge is 0.125 e. The van der Waals surface area contributed by atoms with Crippen molar-refractivity contribution in [3.8, 4) is 11.5 Å². The maximum atomic E-state index is 6.15. The molecule has 0 unspecified atom stereocenters. The molecule has 1 saturated heterocycles. The summed E-state index contributed by atoms with van der Waals surface area (Å²) in [6.45, 7) is 2.01. The zero-order chi connectivity index (χ0) is 16.4. The Labute approximate surface area is 142 Å². The Morgan fingerprint density at radius 3 is 2.12 bits per heavy atom. The van der Waals surface area contributed by atoms with Crippen LogP contribution in [0.5, 0.6) is 11.5 Å². The number of nitrogens with zero attached hydrogens (tertiary/aromatic N) is 1. The van der Waals surface area contributed by atoms with Gasteiger partial charge in [-0.3, -0.25) is 4.90 Å². The molecular formula is C20H23NO3. The third-order valence-electron chi connectivity index (χ3n) is 4.74. The Kier molecular flexibility index (Phi) is 4.41. The van der Waals surface area contributed by atoms with Gasteiger partial charge in [0.15, 0.2) is 0 Å². The standard InChI is InChI=1S/C20H23NO3/c1-21-14-24-20-16-9-3-5-11-18(16)23-13-7-6-12-22-17-10-4-2-8-15(17)19(20)21/h2-5,8-11,19-20H,6-7,12-14H2,1H3/t19-,20-/m0/s1. The van der Waals surface area contributed by atoms with Crippen molar-refractivity contribution in [2.75, 3.05) is 27.0 Å². The molecule has 24 heavy (non-hydrogen) atoms. The Bertz CT molecular complexity index is 703. The molecule has 126 valence electrons. The summed E-state index contributed by atoms with van der Waals surface area (Å²) in [6.07, 6.45) is 1.90. The van der Waals surface area contributed by atoms with Gasteiger partial charge in [-0.05, 0) is 32.0 Å². The number of ether oxygens (including phenoxy) is 3. The average Bonchev–Trinajstić information content (AvgIpc) is 2.99. The summed E-state index contributed by atoms with van der Waals surface area (Å²) in [5.41, 5.74) is 2.29. The molecule has 0 saturated carbocycles. The molecule has 0 radical (unpaired) electrons. The minimum absolute atomic E-state index is 0.0598. The van der Waals surface area contributed by atoms with Gasteiger partial charge in [0.05, 0.1) is 19.3 Å². The highest BCUT2D eigenvalue weighted by molar-refractivity contribution is 5.42. The monoisotopic (exact) mass is 325 g/mol. The molecule has 0 N–H and O–H groups in total. The van der Waals surface area contributed by atoms with Crippen LogP contribution < -0.4 is 9.47 Å². The van der Waals surface area contributed by atoms with E-state index in [4.69, 9.17) is 14.2 Å². The number of benzene rings is 2. The number of rotatable bonds is 0. The number of likely N-dealkylation sites (N-methyl/N-ethyl adjacent to an activating group) is 1. The quantitative estimate of drug-likeness (QED) is 0.734. The van der Waals surface area contributed by atoms with Crippen molar-refractivity contribution in [2.24, 2.45) is 0 Å². The van der Waals surface area contributed by atoms with Crippen molar-refractivity contribution in [3.05, 3.63) is 59.7 Å². The van der Waals surface area contributed by atoms with Gasteiger partial charge in [-0.2, -0.15) is 0 Å². The lowest BCUT2D eigenvalue weighted by molar-refractivity contribution is 0.0898. The van der Waals surface area contributed by atoms with Crippen LogP contribution in [0.25, 0.3) is 0 Å². The summed E-state index contributed by atoms with van der Waals surface area (Å²) < 4.78 is 18.3. The summed E-state index contributed by atoms with van der Waals surface area (Å²) in [5, 5.41) is 0. The van der Waals surface area contributed by atoms with Crippen molar-refractivity contribution >= 4 is 0 Å². The van der Waals surface area contributed by atoms with Crippen molar-refractivity contribution in [2.45, 2.75) is 25.0 Å². The van der Waals surface area contributed by atoms with E-state index in [0.29, 0.717) is 19.9 Å². The van der Waals surface area contributed by atoms with E-state index < -0.39 is 0 Å². The van der Waals surface area contributed by atoms with Crippen LogP contribution in [0.4, 0.5) is 0 Å². The second-order valence-electron chi connectivity index (χ2n) is 6.40. The lowest BCUT2D eigenvalue weighted by Gasteiger charge is -2.27. The first-order chi connectivity index (χ1) is 11.8. The van der Waals surface area contributed by atoms with Gasteiger partial charge in [-0.25, -0.2) is 0 Å². The number of fused-ring (bicyclic) bond motifs is 5. The second kappa shape index (κ2) is 6.83. The molecule has 1 fully saturated rings. The third kappa shape index (κ3) is 2.87. The molecule has 2 aromatic carbocycles. The van der Waals surface area contributed by atoms with E-state index in [1.807, 2.05) is 18.2 Å². The van der Waals surface area contributed by atoms with E-state index in [-0.39, 0.29) is 12.1 Å². The number of para-hydroxylation sites is 2. The normalized spacial score (nSPS) is 24.4. The first-order valence-electron chi connectivity index (χ1n) is 8.60. The van der Waals surface area contributed by atoms with E-state index in [0.717, 1.165) is 29.9 Å². The lowest BCUT2D eigenvalue weighted by Crippen LogP contribution is -2.22. The van der Waals surface area contributed by atoms with Gasteiger partial charge in [0.1, 0.15) is 24.3 Å². The maximum Gasteiger partial charge on any atom is 0.125 e. The fourth-order valence-corrected chi connectivity index (χ4v) is 3.53. The van der Waals surface area contributed by atoms with Crippen LogP contribution >= 0.6 is 0 Å². The lowest BCUT2D eigenvalue weighted by atomic mass is 9.94.